The summed E-state index contributed by atoms with van der Waals surface area (Å²) in [6, 6.07) is 14.4. The van der Waals surface area contributed by atoms with Crippen LogP contribution in [0.1, 0.15) is 29.6 Å². The minimum atomic E-state index is -0.333. The Morgan fingerprint density at radius 3 is 2.46 bits per heavy atom. The van der Waals surface area contributed by atoms with Gasteiger partial charge in [-0.2, -0.15) is 0 Å². The molecule has 28 heavy (non-hydrogen) atoms. The van der Waals surface area contributed by atoms with Crippen LogP contribution in [-0.4, -0.2) is 30.0 Å². The quantitative estimate of drug-likeness (QED) is 0.405. The number of ketones is 1. The number of amides is 1. The summed E-state index contributed by atoms with van der Waals surface area (Å²) in [5, 5.41) is 3.19. The lowest BCUT2D eigenvalue weighted by Crippen LogP contribution is -2.43. The van der Waals surface area contributed by atoms with Gasteiger partial charge in [0.05, 0.1) is 13.2 Å². The minimum Gasteiger partial charge on any atom is -0.490 e. The number of rotatable bonds is 5. The van der Waals surface area contributed by atoms with Crippen molar-refractivity contribution in [1.82, 2.24) is 10.9 Å². The van der Waals surface area contributed by atoms with Crippen LogP contribution >= 0.6 is 12.2 Å². The molecule has 0 saturated carbocycles. The number of hydrazine groups is 1. The van der Waals surface area contributed by atoms with Crippen LogP contribution < -0.4 is 25.6 Å². The Balaban J connectivity index is 1.43. The summed E-state index contributed by atoms with van der Waals surface area (Å²) in [7, 11) is 0. The Hall–Kier alpha value is -3.13. The van der Waals surface area contributed by atoms with Crippen molar-refractivity contribution < 1.29 is 19.1 Å². The van der Waals surface area contributed by atoms with Crippen LogP contribution in [0.5, 0.6) is 11.5 Å². The van der Waals surface area contributed by atoms with Gasteiger partial charge in [0.1, 0.15) is 0 Å². The van der Waals surface area contributed by atoms with Crippen molar-refractivity contribution in [3.8, 4) is 11.5 Å². The van der Waals surface area contributed by atoms with Gasteiger partial charge in [-0.05, 0) is 42.5 Å². The average molecular weight is 399 g/mol. The van der Waals surface area contributed by atoms with Gasteiger partial charge in [-0.25, -0.2) is 0 Å². The van der Waals surface area contributed by atoms with Crippen molar-refractivity contribution in [2.45, 2.75) is 19.3 Å². The number of benzene rings is 2. The number of Topliss-reactive ketones (excluding diaryl/α,β-unsaturated/α-hetero) is 1. The zero-order valence-corrected chi connectivity index (χ0v) is 16.0. The molecule has 3 N–H and O–H groups in total. The zero-order valence-electron chi connectivity index (χ0n) is 15.2. The molecule has 0 radical (unpaired) electrons. The Morgan fingerprint density at radius 2 is 1.68 bits per heavy atom. The van der Waals surface area contributed by atoms with Gasteiger partial charge >= 0.3 is 0 Å². The number of nitrogens with one attached hydrogen (secondary N) is 3. The van der Waals surface area contributed by atoms with Gasteiger partial charge in [-0.1, -0.05) is 18.2 Å². The highest BCUT2D eigenvalue weighted by atomic mass is 32.1. The summed E-state index contributed by atoms with van der Waals surface area (Å²) in [6.45, 7) is 1.14. The number of fused-ring (bicyclic) bond motifs is 1. The van der Waals surface area contributed by atoms with Gasteiger partial charge in [0.15, 0.2) is 22.4 Å². The highest BCUT2D eigenvalue weighted by molar-refractivity contribution is 7.80. The fourth-order valence-electron chi connectivity index (χ4n) is 2.58. The Labute approximate surface area is 168 Å². The summed E-state index contributed by atoms with van der Waals surface area (Å²) in [4.78, 5) is 24.3. The Kier molecular flexibility index (Phi) is 6.80. The summed E-state index contributed by atoms with van der Waals surface area (Å²) in [6.07, 6.45) is 0.909. The normalized spacial score (nSPS) is 12.4. The third-order valence-corrected chi connectivity index (χ3v) is 4.20. The molecule has 1 heterocycles. The number of hydrogen-bond acceptors (Lipinski definition) is 5. The molecule has 3 rings (SSSR count). The average Bonchev–Trinajstić information content (AvgIpc) is 2.96. The van der Waals surface area contributed by atoms with Gasteiger partial charge < -0.3 is 14.8 Å². The molecule has 2 aromatic rings. The van der Waals surface area contributed by atoms with Crippen LogP contribution in [0.15, 0.2) is 48.5 Å². The second-order valence-corrected chi connectivity index (χ2v) is 6.54. The first kappa shape index (κ1) is 19.6. The molecule has 2 aromatic carbocycles. The van der Waals surface area contributed by atoms with Crippen LogP contribution in [0.2, 0.25) is 0 Å². The maximum absolute atomic E-state index is 12.4. The van der Waals surface area contributed by atoms with Crippen LogP contribution in [-0.2, 0) is 4.79 Å². The summed E-state index contributed by atoms with van der Waals surface area (Å²) >= 11 is 5.10. The van der Waals surface area contributed by atoms with Gasteiger partial charge in [0, 0.05) is 30.5 Å². The van der Waals surface area contributed by atoms with Crippen molar-refractivity contribution in [2.24, 2.45) is 0 Å². The van der Waals surface area contributed by atoms with Crippen molar-refractivity contribution in [1.29, 1.82) is 0 Å². The van der Waals surface area contributed by atoms with E-state index in [4.69, 9.17) is 21.7 Å². The predicted octanol–water partition coefficient (Wildman–Crippen LogP) is 2.83. The molecular formula is C20H21N3O4S. The van der Waals surface area contributed by atoms with Crippen LogP contribution in [0.25, 0.3) is 0 Å². The van der Waals surface area contributed by atoms with E-state index in [0.29, 0.717) is 30.3 Å². The van der Waals surface area contributed by atoms with Crippen molar-refractivity contribution in [2.75, 3.05) is 18.5 Å². The molecule has 1 aliphatic heterocycles. The van der Waals surface area contributed by atoms with Gasteiger partial charge in [-0.3, -0.25) is 20.4 Å². The smallest absolute Gasteiger partial charge is 0.238 e. The number of carbonyl (C=O) groups excluding carboxylic acids is 2. The first-order valence-corrected chi connectivity index (χ1v) is 9.36. The number of thiocarbonyl (C=S) groups is 1. The first-order chi connectivity index (χ1) is 13.6. The van der Waals surface area contributed by atoms with Gasteiger partial charge in [0.25, 0.3) is 0 Å². The first-order valence-electron chi connectivity index (χ1n) is 8.95. The van der Waals surface area contributed by atoms with Gasteiger partial charge in [0.2, 0.25) is 5.91 Å². The molecule has 0 fully saturated rings. The monoisotopic (exact) mass is 399 g/mol. The summed E-state index contributed by atoms with van der Waals surface area (Å²) in [5.41, 5.74) is 6.39. The second kappa shape index (κ2) is 9.70. The van der Waals surface area contributed by atoms with E-state index in [-0.39, 0.29) is 29.6 Å². The number of carbonyl (C=O) groups is 2. The number of hydrogen-bond donors (Lipinski definition) is 3. The highest BCUT2D eigenvalue weighted by Crippen LogP contribution is 2.30. The summed E-state index contributed by atoms with van der Waals surface area (Å²) < 4.78 is 11.1. The van der Waals surface area contributed by atoms with Crippen molar-refractivity contribution >= 4 is 34.7 Å². The van der Waals surface area contributed by atoms with E-state index in [9.17, 15) is 9.59 Å². The molecule has 8 heteroatoms. The maximum Gasteiger partial charge on any atom is 0.238 e. The lowest BCUT2D eigenvalue weighted by atomic mass is 10.1. The van der Waals surface area contributed by atoms with Crippen LogP contribution in [0, 0.1) is 0 Å². The van der Waals surface area contributed by atoms with E-state index in [1.165, 1.54) is 0 Å². The highest BCUT2D eigenvalue weighted by Gasteiger charge is 2.15. The van der Waals surface area contributed by atoms with Crippen molar-refractivity contribution in [3.05, 3.63) is 54.1 Å². The van der Waals surface area contributed by atoms with Crippen LogP contribution in [0.4, 0.5) is 5.69 Å². The molecule has 1 amide bonds. The molecule has 0 bridgehead atoms. The predicted molar refractivity (Wildman–Crippen MR) is 110 cm³/mol. The van der Waals surface area contributed by atoms with E-state index in [2.05, 4.69) is 16.2 Å². The number of ether oxygens (including phenoxy) is 2. The molecule has 0 unspecified atom stereocenters. The third kappa shape index (κ3) is 5.68. The summed E-state index contributed by atoms with van der Waals surface area (Å²) in [5.74, 6) is 0.720. The molecule has 0 atom stereocenters. The fourth-order valence-corrected chi connectivity index (χ4v) is 2.75. The molecule has 0 spiro atoms. The molecule has 0 aliphatic carbocycles. The van der Waals surface area contributed by atoms with E-state index in [0.717, 1.165) is 12.1 Å². The SMILES string of the molecule is O=C(CCC(=O)c1ccc2c(c1)OCCCO2)NNC(=S)Nc1ccccc1. The van der Waals surface area contributed by atoms with Crippen LogP contribution in [0.3, 0.4) is 0 Å². The molecule has 0 saturated heterocycles. The Bertz CT molecular complexity index is 858. The fraction of sp³-hybridized carbons (Fsp3) is 0.250. The zero-order chi connectivity index (χ0) is 19.8. The van der Waals surface area contributed by atoms with E-state index >= 15 is 0 Å². The molecule has 1 aliphatic rings. The topological polar surface area (TPSA) is 88.7 Å². The molecule has 0 aromatic heterocycles. The number of anilines is 1. The third-order valence-electron chi connectivity index (χ3n) is 4.00. The van der Waals surface area contributed by atoms with E-state index < -0.39 is 0 Å². The standard InChI is InChI=1S/C20H21N3O4S/c24-16(14-7-9-17-18(13-14)27-12-4-11-26-17)8-10-19(25)22-23-20(28)21-15-5-2-1-3-6-15/h1-3,5-7,9,13H,4,8,10-12H2,(H,22,25)(H2,21,23,28). The Morgan fingerprint density at radius 1 is 0.929 bits per heavy atom. The molecule has 146 valence electrons. The lowest BCUT2D eigenvalue weighted by Gasteiger charge is -2.11. The van der Waals surface area contributed by atoms with Gasteiger partial charge in [-0.15, -0.1) is 0 Å². The van der Waals surface area contributed by atoms with E-state index in [1.807, 2.05) is 30.3 Å². The maximum atomic E-state index is 12.4. The van der Waals surface area contributed by atoms with E-state index in [1.54, 1.807) is 18.2 Å². The molecular weight excluding hydrogens is 378 g/mol. The lowest BCUT2D eigenvalue weighted by molar-refractivity contribution is -0.121. The molecule has 7 nitrogen and oxygen atoms in total. The minimum absolute atomic E-state index is 0.0359. The second-order valence-electron chi connectivity index (χ2n) is 6.13. The largest absolute Gasteiger partial charge is 0.490 e. The number of para-hydroxylation sites is 1. The van der Waals surface area contributed by atoms with Crippen molar-refractivity contribution in [3.63, 3.8) is 0 Å².